The predicted octanol–water partition coefficient (Wildman–Crippen LogP) is 2.30. The van der Waals surface area contributed by atoms with Gasteiger partial charge in [-0.1, -0.05) is 6.07 Å². The van der Waals surface area contributed by atoms with Crippen molar-refractivity contribution in [2.45, 2.75) is 6.54 Å². The van der Waals surface area contributed by atoms with Crippen LogP contribution < -0.4 is 15.0 Å². The van der Waals surface area contributed by atoms with E-state index in [1.165, 1.54) is 5.69 Å². The van der Waals surface area contributed by atoms with Crippen LogP contribution in [0.4, 0.5) is 5.69 Å². The summed E-state index contributed by atoms with van der Waals surface area (Å²) in [5.41, 5.74) is 2.23. The summed E-state index contributed by atoms with van der Waals surface area (Å²) in [6.45, 7) is 4.43. The summed E-state index contributed by atoms with van der Waals surface area (Å²) in [6.07, 6.45) is 4.09. The first-order valence-electron chi connectivity index (χ1n) is 9.02. The van der Waals surface area contributed by atoms with Gasteiger partial charge in [0.15, 0.2) is 10.9 Å². The third-order valence-corrected chi connectivity index (χ3v) is 5.55. The van der Waals surface area contributed by atoms with Crippen molar-refractivity contribution in [3.05, 3.63) is 47.7 Å². The highest BCUT2D eigenvalue weighted by atomic mass is 32.1. The van der Waals surface area contributed by atoms with Crippen LogP contribution in [0.3, 0.4) is 0 Å². The molecule has 1 aromatic carbocycles. The number of rotatable bonds is 4. The minimum atomic E-state index is 0.678. The minimum absolute atomic E-state index is 0.678. The Labute approximate surface area is 162 Å². The van der Waals surface area contributed by atoms with Crippen molar-refractivity contribution in [1.29, 1.82) is 0 Å². The molecule has 0 aliphatic carbocycles. The number of nitrogens with one attached hydrogen (secondary N) is 1. The van der Waals surface area contributed by atoms with Crippen molar-refractivity contribution in [2.75, 3.05) is 45.2 Å². The minimum Gasteiger partial charge on any atom is -0.497 e. The number of anilines is 1. The molecule has 1 N–H and O–H groups in total. The van der Waals surface area contributed by atoms with Crippen LogP contribution >= 0.6 is 11.3 Å². The SMILES string of the molecule is CN=C(NCc1cn2ccsc2n1)N1CCN(c2cccc(OC)c2)CC1. The zero-order valence-corrected chi connectivity index (χ0v) is 16.4. The summed E-state index contributed by atoms with van der Waals surface area (Å²) < 4.78 is 7.39. The van der Waals surface area contributed by atoms with Crippen molar-refractivity contribution < 1.29 is 4.74 Å². The van der Waals surface area contributed by atoms with Crippen LogP contribution in [0.5, 0.6) is 5.75 Å². The lowest BCUT2D eigenvalue weighted by atomic mass is 10.2. The molecule has 0 amide bonds. The van der Waals surface area contributed by atoms with Crippen molar-refractivity contribution in [3.63, 3.8) is 0 Å². The fraction of sp³-hybridized carbons (Fsp3) is 0.368. The molecule has 3 aromatic rings. The molecule has 7 nitrogen and oxygen atoms in total. The Bertz CT molecular complexity index is 897. The molecule has 8 heteroatoms. The summed E-state index contributed by atoms with van der Waals surface area (Å²) in [7, 11) is 3.54. The first-order chi connectivity index (χ1) is 13.3. The molecule has 1 fully saturated rings. The molecule has 27 heavy (non-hydrogen) atoms. The van der Waals surface area contributed by atoms with Crippen LogP contribution in [0.15, 0.2) is 47.0 Å². The lowest BCUT2D eigenvalue weighted by Crippen LogP contribution is -2.52. The van der Waals surface area contributed by atoms with Gasteiger partial charge in [0.05, 0.1) is 19.3 Å². The summed E-state index contributed by atoms with van der Waals surface area (Å²) in [5, 5.41) is 5.49. The number of guanidine groups is 1. The van der Waals surface area contributed by atoms with Crippen molar-refractivity contribution in [2.24, 2.45) is 4.99 Å². The Morgan fingerprint density at radius 3 is 2.89 bits per heavy atom. The molecular formula is C19H24N6OS. The third kappa shape index (κ3) is 3.85. The van der Waals surface area contributed by atoms with Crippen molar-refractivity contribution >= 4 is 27.9 Å². The second kappa shape index (κ2) is 7.87. The van der Waals surface area contributed by atoms with E-state index in [4.69, 9.17) is 4.74 Å². The Kier molecular flexibility index (Phi) is 5.15. The number of ether oxygens (including phenoxy) is 1. The molecule has 0 spiro atoms. The Morgan fingerprint density at radius 2 is 2.15 bits per heavy atom. The molecule has 0 atom stereocenters. The maximum Gasteiger partial charge on any atom is 0.194 e. The average Bonchev–Trinajstić information content (AvgIpc) is 3.31. The smallest absolute Gasteiger partial charge is 0.194 e. The molecule has 1 aliphatic heterocycles. The largest absolute Gasteiger partial charge is 0.497 e. The van der Waals surface area contributed by atoms with Crippen LogP contribution in [0, 0.1) is 0 Å². The van der Waals surface area contributed by atoms with Crippen LogP contribution in [-0.4, -0.2) is 60.6 Å². The molecule has 2 aromatic heterocycles. The number of methoxy groups -OCH3 is 1. The van der Waals surface area contributed by atoms with Gasteiger partial charge in [-0.15, -0.1) is 11.3 Å². The van der Waals surface area contributed by atoms with Gasteiger partial charge in [0, 0.05) is 62.8 Å². The van der Waals surface area contributed by atoms with Gasteiger partial charge >= 0.3 is 0 Å². The second-order valence-corrected chi connectivity index (χ2v) is 7.27. The highest BCUT2D eigenvalue weighted by molar-refractivity contribution is 7.15. The van der Waals surface area contributed by atoms with Gasteiger partial charge in [0.1, 0.15) is 5.75 Å². The quantitative estimate of drug-likeness (QED) is 0.553. The number of aromatic nitrogens is 2. The van der Waals surface area contributed by atoms with E-state index in [0.29, 0.717) is 6.54 Å². The van der Waals surface area contributed by atoms with E-state index in [9.17, 15) is 0 Å². The highest BCUT2D eigenvalue weighted by Crippen LogP contribution is 2.22. The van der Waals surface area contributed by atoms with Crippen LogP contribution in [0.1, 0.15) is 5.69 Å². The molecule has 0 bridgehead atoms. The Morgan fingerprint density at radius 1 is 1.30 bits per heavy atom. The summed E-state index contributed by atoms with van der Waals surface area (Å²) in [5.74, 6) is 1.82. The number of thiazole rings is 1. The predicted molar refractivity (Wildman–Crippen MR) is 110 cm³/mol. The molecule has 0 saturated carbocycles. The van der Waals surface area contributed by atoms with Gasteiger partial charge in [0.2, 0.25) is 0 Å². The lowest BCUT2D eigenvalue weighted by Gasteiger charge is -2.37. The first kappa shape index (κ1) is 17.7. The van der Waals surface area contributed by atoms with Gasteiger partial charge in [-0.2, -0.15) is 0 Å². The van der Waals surface area contributed by atoms with E-state index in [-0.39, 0.29) is 0 Å². The molecule has 4 rings (SSSR count). The summed E-state index contributed by atoms with van der Waals surface area (Å²) in [4.78, 5) is 14.8. The van der Waals surface area contributed by atoms with Gasteiger partial charge < -0.3 is 19.9 Å². The van der Waals surface area contributed by atoms with Crippen LogP contribution in [0.25, 0.3) is 4.96 Å². The summed E-state index contributed by atoms with van der Waals surface area (Å²) >= 11 is 1.65. The van der Waals surface area contributed by atoms with Crippen LogP contribution in [0.2, 0.25) is 0 Å². The van der Waals surface area contributed by atoms with E-state index in [2.05, 4.69) is 47.8 Å². The van der Waals surface area contributed by atoms with E-state index in [0.717, 1.165) is 48.5 Å². The maximum absolute atomic E-state index is 5.34. The van der Waals surface area contributed by atoms with Gasteiger partial charge in [-0.25, -0.2) is 4.98 Å². The number of imidazole rings is 1. The average molecular weight is 385 g/mol. The monoisotopic (exact) mass is 384 g/mol. The maximum atomic E-state index is 5.34. The van der Waals surface area contributed by atoms with Crippen molar-refractivity contribution in [3.8, 4) is 5.75 Å². The highest BCUT2D eigenvalue weighted by Gasteiger charge is 2.20. The number of fused-ring (bicyclic) bond motifs is 1. The number of hydrogen-bond donors (Lipinski definition) is 1. The standard InChI is InChI=1S/C19H24N6OS/c1-20-18(21-13-15-14-25-10-11-27-19(25)22-15)24-8-6-23(7-9-24)16-4-3-5-17(12-16)26-2/h3-5,10-12,14H,6-9,13H2,1-2H3,(H,20,21). The number of benzene rings is 1. The van der Waals surface area contributed by atoms with E-state index < -0.39 is 0 Å². The molecule has 3 heterocycles. The van der Waals surface area contributed by atoms with Crippen LogP contribution in [-0.2, 0) is 6.54 Å². The Balaban J connectivity index is 1.33. The first-order valence-corrected chi connectivity index (χ1v) is 9.90. The Hall–Kier alpha value is -2.74. The normalized spacial score (nSPS) is 15.4. The molecular weight excluding hydrogens is 360 g/mol. The number of nitrogens with zero attached hydrogens (tertiary/aromatic N) is 5. The van der Waals surface area contributed by atoms with Crippen molar-refractivity contribution in [1.82, 2.24) is 19.6 Å². The van der Waals surface area contributed by atoms with Gasteiger partial charge in [-0.3, -0.25) is 9.39 Å². The molecule has 1 aliphatic rings. The van der Waals surface area contributed by atoms with E-state index in [1.54, 1.807) is 18.4 Å². The van der Waals surface area contributed by atoms with Gasteiger partial charge in [-0.05, 0) is 12.1 Å². The van der Waals surface area contributed by atoms with E-state index in [1.807, 2.05) is 30.8 Å². The van der Waals surface area contributed by atoms with E-state index >= 15 is 0 Å². The molecule has 0 radical (unpaired) electrons. The molecule has 1 saturated heterocycles. The summed E-state index contributed by atoms with van der Waals surface area (Å²) in [6, 6.07) is 8.24. The topological polar surface area (TPSA) is 57.4 Å². The zero-order valence-electron chi connectivity index (χ0n) is 15.6. The fourth-order valence-electron chi connectivity index (χ4n) is 3.35. The number of piperazine rings is 1. The molecule has 142 valence electrons. The molecule has 0 unspecified atom stereocenters. The lowest BCUT2D eigenvalue weighted by molar-refractivity contribution is 0.371. The number of hydrogen-bond acceptors (Lipinski definition) is 5. The number of aliphatic imine (C=N–C) groups is 1. The van der Waals surface area contributed by atoms with Gasteiger partial charge in [0.25, 0.3) is 0 Å². The second-order valence-electron chi connectivity index (χ2n) is 6.40. The fourth-order valence-corrected chi connectivity index (χ4v) is 4.07. The third-order valence-electron chi connectivity index (χ3n) is 4.78. The zero-order chi connectivity index (χ0) is 18.6.